The highest BCUT2D eigenvalue weighted by Gasteiger charge is 2.30. The van der Waals surface area contributed by atoms with Crippen molar-refractivity contribution in [2.45, 2.75) is 32.0 Å². The van der Waals surface area contributed by atoms with Crippen molar-refractivity contribution in [1.29, 1.82) is 0 Å². The highest BCUT2D eigenvalue weighted by molar-refractivity contribution is 5.70. The number of aliphatic carboxylic acids is 1. The molecule has 1 atom stereocenters. The fourth-order valence-corrected chi connectivity index (χ4v) is 3.56. The molecule has 134 valence electrons. The first-order chi connectivity index (χ1) is 12.2. The van der Waals surface area contributed by atoms with E-state index in [9.17, 15) is 9.90 Å². The van der Waals surface area contributed by atoms with Crippen LogP contribution in [0.2, 0.25) is 0 Å². The maximum absolute atomic E-state index is 11.7. The maximum atomic E-state index is 11.7. The molecule has 1 aliphatic heterocycles. The van der Waals surface area contributed by atoms with E-state index in [-0.39, 0.29) is 0 Å². The summed E-state index contributed by atoms with van der Waals surface area (Å²) in [4.78, 5) is 20.6. The second-order valence-electron chi connectivity index (χ2n) is 7.07. The van der Waals surface area contributed by atoms with Crippen molar-refractivity contribution in [3.63, 3.8) is 0 Å². The summed E-state index contributed by atoms with van der Waals surface area (Å²) in [5.74, 6) is 0.789. The van der Waals surface area contributed by atoms with Crippen molar-refractivity contribution in [3.05, 3.63) is 42.4 Å². The zero-order chi connectivity index (χ0) is 17.2. The summed E-state index contributed by atoms with van der Waals surface area (Å²) in [6.45, 7) is 4.13. The molecule has 25 heavy (non-hydrogen) atoms. The Kier molecular flexibility index (Phi) is 4.59. The second kappa shape index (κ2) is 7.01. The van der Waals surface area contributed by atoms with Crippen LogP contribution in [0.5, 0.6) is 0 Å². The number of hydrogen-bond acceptors (Lipinski definition) is 5. The van der Waals surface area contributed by atoms with Crippen LogP contribution < -0.4 is 0 Å². The van der Waals surface area contributed by atoms with Gasteiger partial charge >= 0.3 is 5.97 Å². The van der Waals surface area contributed by atoms with Crippen LogP contribution in [-0.2, 0) is 17.9 Å². The number of carboxylic acids is 1. The molecule has 1 saturated heterocycles. The summed E-state index contributed by atoms with van der Waals surface area (Å²) in [6.07, 6.45) is 7.99. The minimum absolute atomic E-state index is 0.401. The molecule has 0 bridgehead atoms. The Morgan fingerprint density at radius 3 is 2.64 bits per heavy atom. The van der Waals surface area contributed by atoms with Crippen LogP contribution in [0.15, 0.2) is 35.2 Å². The van der Waals surface area contributed by atoms with E-state index in [2.05, 4.69) is 19.4 Å². The normalized spacial score (nSPS) is 22.8. The first kappa shape index (κ1) is 16.4. The van der Waals surface area contributed by atoms with Crippen LogP contribution in [0.3, 0.4) is 0 Å². The van der Waals surface area contributed by atoms with Crippen molar-refractivity contribution >= 4 is 5.97 Å². The first-order valence-electron chi connectivity index (χ1n) is 8.90. The van der Waals surface area contributed by atoms with E-state index in [1.807, 2.05) is 24.5 Å². The van der Waals surface area contributed by atoms with Gasteiger partial charge in [0.25, 0.3) is 0 Å². The van der Waals surface area contributed by atoms with Gasteiger partial charge in [0.1, 0.15) is 11.6 Å². The number of imidazole rings is 1. The zero-order valence-electron chi connectivity index (χ0n) is 14.3. The number of aromatic nitrogens is 2. The van der Waals surface area contributed by atoms with Gasteiger partial charge in [0.05, 0.1) is 25.3 Å². The molecular formula is C18H24N4O3. The lowest BCUT2D eigenvalue weighted by molar-refractivity contribution is -0.142. The third-order valence-corrected chi connectivity index (χ3v) is 5.05. The molecular weight excluding hydrogens is 320 g/mol. The van der Waals surface area contributed by atoms with Gasteiger partial charge in [-0.2, -0.15) is 0 Å². The van der Waals surface area contributed by atoms with Crippen molar-refractivity contribution in [2.24, 2.45) is 5.92 Å². The topological polar surface area (TPSA) is 74.7 Å². The predicted octanol–water partition coefficient (Wildman–Crippen LogP) is 1.83. The lowest BCUT2D eigenvalue weighted by Gasteiger charge is -2.21. The minimum Gasteiger partial charge on any atom is -0.481 e. The predicted molar refractivity (Wildman–Crippen MR) is 90.9 cm³/mol. The van der Waals surface area contributed by atoms with Crippen LogP contribution in [0.4, 0.5) is 0 Å². The van der Waals surface area contributed by atoms with Crippen molar-refractivity contribution in [1.82, 2.24) is 19.4 Å². The Labute approximate surface area is 146 Å². The van der Waals surface area contributed by atoms with Crippen LogP contribution in [0.25, 0.3) is 0 Å². The average Bonchev–Trinajstić information content (AvgIpc) is 3.17. The van der Waals surface area contributed by atoms with Gasteiger partial charge in [0.15, 0.2) is 0 Å². The van der Waals surface area contributed by atoms with Gasteiger partial charge in [-0.15, -0.1) is 0 Å². The lowest BCUT2D eigenvalue weighted by Crippen LogP contribution is -2.34. The molecule has 0 aromatic carbocycles. The number of rotatable bonds is 6. The van der Waals surface area contributed by atoms with E-state index in [1.54, 1.807) is 6.26 Å². The minimum atomic E-state index is -0.734. The van der Waals surface area contributed by atoms with Crippen LogP contribution >= 0.6 is 0 Å². The largest absolute Gasteiger partial charge is 0.481 e. The van der Waals surface area contributed by atoms with Crippen LogP contribution in [-0.4, -0.2) is 56.6 Å². The molecule has 2 aromatic rings. The molecule has 2 aromatic heterocycles. The van der Waals surface area contributed by atoms with Gasteiger partial charge in [-0.3, -0.25) is 14.6 Å². The fraction of sp³-hybridized carbons (Fsp3) is 0.556. The summed E-state index contributed by atoms with van der Waals surface area (Å²) >= 11 is 0. The van der Waals surface area contributed by atoms with Crippen LogP contribution in [0, 0.1) is 5.92 Å². The SMILES string of the molecule is O=C(O)C1CN(Cc2ccco2)CCN(Cc2nccn2C2CC2)C1. The molecule has 1 N–H and O–H groups in total. The van der Waals surface area contributed by atoms with Gasteiger partial charge in [0, 0.05) is 44.6 Å². The molecule has 2 fully saturated rings. The number of hydrogen-bond donors (Lipinski definition) is 1. The van der Waals surface area contributed by atoms with Gasteiger partial charge < -0.3 is 14.1 Å². The standard InChI is InChI=1S/C18H24N4O3/c23-18(24)14-10-20(12-16-2-1-9-25-16)7-8-21(11-14)13-17-19-5-6-22(17)15-3-4-15/h1-2,5-6,9,14-15H,3-4,7-8,10-13H2,(H,23,24). The highest BCUT2D eigenvalue weighted by Crippen LogP contribution is 2.35. The van der Waals surface area contributed by atoms with E-state index < -0.39 is 11.9 Å². The van der Waals surface area contributed by atoms with Crippen molar-refractivity contribution in [3.8, 4) is 0 Å². The maximum Gasteiger partial charge on any atom is 0.309 e. The molecule has 1 unspecified atom stereocenters. The Hall–Kier alpha value is -2.12. The quantitative estimate of drug-likeness (QED) is 0.862. The molecule has 7 heteroatoms. The molecule has 7 nitrogen and oxygen atoms in total. The molecule has 1 aliphatic carbocycles. The number of nitrogens with zero attached hydrogens (tertiary/aromatic N) is 4. The summed E-state index contributed by atoms with van der Waals surface area (Å²) < 4.78 is 7.67. The smallest absolute Gasteiger partial charge is 0.309 e. The van der Waals surface area contributed by atoms with Crippen LogP contribution in [0.1, 0.15) is 30.5 Å². The van der Waals surface area contributed by atoms with Gasteiger partial charge in [-0.25, -0.2) is 4.98 Å². The summed E-state index contributed by atoms with van der Waals surface area (Å²) in [7, 11) is 0. The van der Waals surface area contributed by atoms with E-state index in [0.717, 1.165) is 24.7 Å². The number of carboxylic acid groups (broad SMARTS) is 1. The molecule has 0 radical (unpaired) electrons. The molecule has 0 amide bonds. The third-order valence-electron chi connectivity index (χ3n) is 5.05. The highest BCUT2D eigenvalue weighted by atomic mass is 16.4. The Morgan fingerprint density at radius 1 is 1.24 bits per heavy atom. The second-order valence-corrected chi connectivity index (χ2v) is 7.07. The monoisotopic (exact) mass is 344 g/mol. The molecule has 3 heterocycles. The zero-order valence-corrected chi connectivity index (χ0v) is 14.3. The van der Waals surface area contributed by atoms with Crippen molar-refractivity contribution in [2.75, 3.05) is 26.2 Å². The summed E-state index contributed by atoms with van der Waals surface area (Å²) in [5.41, 5.74) is 0. The molecule has 4 rings (SSSR count). The molecule has 0 spiro atoms. The lowest BCUT2D eigenvalue weighted by atomic mass is 10.1. The number of furan rings is 1. The Bertz CT molecular complexity index is 708. The number of carbonyl (C=O) groups is 1. The van der Waals surface area contributed by atoms with E-state index in [1.165, 1.54) is 12.8 Å². The first-order valence-corrected chi connectivity index (χ1v) is 8.90. The Balaban J connectivity index is 1.44. The third kappa shape index (κ3) is 3.93. The van der Waals surface area contributed by atoms with E-state index in [4.69, 9.17) is 4.42 Å². The molecule has 2 aliphatic rings. The molecule has 1 saturated carbocycles. The van der Waals surface area contributed by atoms with E-state index in [0.29, 0.717) is 32.2 Å². The van der Waals surface area contributed by atoms with Crippen molar-refractivity contribution < 1.29 is 14.3 Å². The summed E-state index contributed by atoms with van der Waals surface area (Å²) in [5, 5.41) is 9.61. The van der Waals surface area contributed by atoms with Gasteiger partial charge in [-0.05, 0) is 25.0 Å². The summed E-state index contributed by atoms with van der Waals surface area (Å²) in [6, 6.07) is 4.40. The Morgan fingerprint density at radius 2 is 2.00 bits per heavy atom. The fourth-order valence-electron chi connectivity index (χ4n) is 3.56. The average molecular weight is 344 g/mol. The van der Waals surface area contributed by atoms with E-state index >= 15 is 0 Å². The van der Waals surface area contributed by atoms with Gasteiger partial charge in [0.2, 0.25) is 0 Å². The van der Waals surface area contributed by atoms with Gasteiger partial charge in [-0.1, -0.05) is 0 Å².